The molecule has 2 heterocycles. The van der Waals surface area contributed by atoms with E-state index < -0.39 is 10.6 Å². The van der Waals surface area contributed by atoms with E-state index in [1.807, 2.05) is 36.0 Å². The van der Waals surface area contributed by atoms with Gasteiger partial charge in [-0.05, 0) is 30.7 Å². The molecular weight excluding hydrogens is 428 g/mol. The van der Waals surface area contributed by atoms with Crippen molar-refractivity contribution in [2.24, 2.45) is 5.73 Å². The van der Waals surface area contributed by atoms with E-state index in [2.05, 4.69) is 41.4 Å². The van der Waals surface area contributed by atoms with Crippen molar-refractivity contribution in [1.29, 1.82) is 0 Å². The fraction of sp³-hybridized carbons (Fsp3) is 0.348. The lowest BCUT2D eigenvalue weighted by atomic mass is 10.1. The van der Waals surface area contributed by atoms with Gasteiger partial charge in [0.2, 0.25) is 0 Å². The molecule has 166 valence electrons. The van der Waals surface area contributed by atoms with Gasteiger partial charge in [0.25, 0.3) is 0 Å². The summed E-state index contributed by atoms with van der Waals surface area (Å²) in [6.07, 6.45) is 0. The molecule has 31 heavy (non-hydrogen) atoms. The lowest BCUT2D eigenvalue weighted by Crippen LogP contribution is -2.26. The number of aryl methyl sites for hydroxylation is 1. The van der Waals surface area contributed by atoms with E-state index in [4.69, 9.17) is 10.7 Å². The summed E-state index contributed by atoms with van der Waals surface area (Å²) in [4.78, 5) is 7.73. The molecule has 0 spiro atoms. The van der Waals surface area contributed by atoms with Crippen molar-refractivity contribution in [3.05, 3.63) is 59.7 Å². The fourth-order valence-corrected chi connectivity index (χ4v) is 6.02. The first-order valence-corrected chi connectivity index (χ1v) is 13.4. The van der Waals surface area contributed by atoms with Crippen LogP contribution in [0.4, 0.5) is 11.5 Å². The van der Waals surface area contributed by atoms with E-state index >= 15 is 0 Å². The molecule has 2 aromatic carbocycles. The first-order valence-electron chi connectivity index (χ1n) is 10.5. The number of fused-ring (bicyclic) bond motifs is 2. The predicted molar refractivity (Wildman–Crippen MR) is 135 cm³/mol. The number of aromatic nitrogens is 1. The summed E-state index contributed by atoms with van der Waals surface area (Å²) < 4.78 is 21.4. The van der Waals surface area contributed by atoms with Crippen LogP contribution in [0.1, 0.15) is 11.1 Å². The van der Waals surface area contributed by atoms with Crippen LogP contribution in [0.2, 0.25) is 0 Å². The number of nitrogens with two attached hydrogens (primary N) is 1. The normalized spacial score (nSPS) is 16.6. The minimum absolute atomic E-state index is 0.302. The molecule has 0 saturated heterocycles. The molecule has 4 rings (SSSR count). The zero-order valence-electron chi connectivity index (χ0n) is 17.8. The van der Waals surface area contributed by atoms with Gasteiger partial charge >= 0.3 is 0 Å². The van der Waals surface area contributed by atoms with Gasteiger partial charge in [-0.2, -0.15) is 22.4 Å². The summed E-state index contributed by atoms with van der Waals surface area (Å²) in [5.41, 5.74) is 9.72. The lowest BCUT2D eigenvalue weighted by molar-refractivity contribution is 0.488. The number of hydrogen-bond acceptors (Lipinski definition) is 7. The van der Waals surface area contributed by atoms with Crippen LogP contribution in [0.15, 0.2) is 53.4 Å². The van der Waals surface area contributed by atoms with Gasteiger partial charge in [-0.3, -0.25) is 9.11 Å². The second-order valence-corrected chi connectivity index (χ2v) is 11.2. The quantitative estimate of drug-likeness (QED) is 0.379. The first kappa shape index (κ1) is 22.2. The Hall–Kier alpha value is -1.97. The Bertz CT molecular complexity index is 1060. The Morgan fingerprint density at radius 1 is 1.16 bits per heavy atom. The topological polar surface area (TPSA) is 94.6 Å². The molecule has 0 saturated carbocycles. The molecule has 0 bridgehead atoms. The SMILES string of the molecule is Cc1ccc2nc(N3CCS(O)(O)c4ccccc4C3)cc(NCCSCCN)c2c1. The average molecular weight is 459 g/mol. The largest absolute Gasteiger partial charge is 0.384 e. The minimum atomic E-state index is -2.80. The van der Waals surface area contributed by atoms with Crippen molar-refractivity contribution in [3.63, 3.8) is 0 Å². The molecular formula is C23H30N4O2S2. The lowest BCUT2D eigenvalue weighted by Gasteiger charge is -2.32. The number of nitrogens with one attached hydrogen (secondary N) is 1. The molecule has 6 nitrogen and oxygen atoms in total. The molecule has 1 aliphatic rings. The molecule has 0 amide bonds. The third-order valence-corrected chi connectivity index (χ3v) is 8.30. The molecule has 0 radical (unpaired) electrons. The Kier molecular flexibility index (Phi) is 6.93. The first-order chi connectivity index (χ1) is 15.0. The number of pyridine rings is 1. The average Bonchev–Trinajstić information content (AvgIpc) is 2.90. The monoisotopic (exact) mass is 458 g/mol. The van der Waals surface area contributed by atoms with Crippen LogP contribution in [-0.2, 0) is 6.54 Å². The fourth-order valence-electron chi connectivity index (χ4n) is 3.86. The standard InChI is InChI=1S/C23H30N4O2S2/c1-17-6-7-20-19(14-17)21(25-9-12-30-11-8-24)15-23(26-20)27-10-13-31(28,29)22-5-3-2-4-18(22)16-27/h2-7,14-15,28-29H,8-13,16,24H2,1H3,(H,25,26). The highest BCUT2D eigenvalue weighted by Gasteiger charge is 2.26. The molecule has 0 unspecified atom stereocenters. The van der Waals surface area contributed by atoms with Crippen LogP contribution >= 0.6 is 22.4 Å². The number of hydrogen-bond donors (Lipinski definition) is 4. The van der Waals surface area contributed by atoms with Gasteiger partial charge in [-0.25, -0.2) is 4.98 Å². The van der Waals surface area contributed by atoms with E-state index in [9.17, 15) is 9.11 Å². The van der Waals surface area contributed by atoms with E-state index in [1.54, 1.807) is 0 Å². The maximum absolute atomic E-state index is 10.7. The highest BCUT2D eigenvalue weighted by Crippen LogP contribution is 2.51. The van der Waals surface area contributed by atoms with Gasteiger partial charge in [-0.1, -0.05) is 29.8 Å². The van der Waals surface area contributed by atoms with E-state index in [-0.39, 0.29) is 0 Å². The summed E-state index contributed by atoms with van der Waals surface area (Å²) in [5, 5.41) is 4.69. The second kappa shape index (κ2) is 9.67. The molecule has 3 aromatic rings. The summed E-state index contributed by atoms with van der Waals surface area (Å²) in [6.45, 7) is 4.77. The predicted octanol–water partition coefficient (Wildman–Crippen LogP) is 4.78. The Morgan fingerprint density at radius 3 is 2.84 bits per heavy atom. The molecule has 1 aromatic heterocycles. The second-order valence-electron chi connectivity index (χ2n) is 7.78. The van der Waals surface area contributed by atoms with Crippen molar-refractivity contribution in [2.75, 3.05) is 47.1 Å². The number of thioether (sulfide) groups is 1. The van der Waals surface area contributed by atoms with Crippen LogP contribution in [0.3, 0.4) is 0 Å². The summed E-state index contributed by atoms with van der Waals surface area (Å²) >= 11 is 1.84. The number of rotatable bonds is 7. The molecule has 8 heteroatoms. The van der Waals surface area contributed by atoms with E-state index in [0.717, 1.165) is 46.0 Å². The maximum Gasteiger partial charge on any atom is 0.131 e. The van der Waals surface area contributed by atoms with Crippen LogP contribution in [-0.4, -0.2) is 51.0 Å². The smallest absolute Gasteiger partial charge is 0.131 e. The van der Waals surface area contributed by atoms with Crippen molar-refractivity contribution in [1.82, 2.24) is 4.98 Å². The molecule has 5 N–H and O–H groups in total. The summed E-state index contributed by atoms with van der Waals surface area (Å²) in [5.74, 6) is 3.10. The highest BCUT2D eigenvalue weighted by atomic mass is 32.3. The van der Waals surface area contributed by atoms with Gasteiger partial charge in [0, 0.05) is 54.8 Å². The molecule has 0 fully saturated rings. The van der Waals surface area contributed by atoms with Gasteiger partial charge in [0.15, 0.2) is 0 Å². The molecule has 0 atom stereocenters. The van der Waals surface area contributed by atoms with Crippen molar-refractivity contribution in [2.45, 2.75) is 18.4 Å². The maximum atomic E-state index is 10.7. The number of anilines is 2. The number of benzene rings is 2. The minimum Gasteiger partial charge on any atom is -0.384 e. The van der Waals surface area contributed by atoms with E-state index in [0.29, 0.717) is 30.3 Å². The van der Waals surface area contributed by atoms with Crippen LogP contribution in [0.25, 0.3) is 10.9 Å². The van der Waals surface area contributed by atoms with Gasteiger partial charge in [0.1, 0.15) is 5.82 Å². The highest BCUT2D eigenvalue weighted by molar-refractivity contribution is 8.24. The van der Waals surface area contributed by atoms with Crippen LogP contribution in [0, 0.1) is 6.92 Å². The third kappa shape index (κ3) is 5.10. The van der Waals surface area contributed by atoms with Gasteiger partial charge in [-0.15, -0.1) is 0 Å². The van der Waals surface area contributed by atoms with Crippen molar-refractivity contribution < 1.29 is 9.11 Å². The molecule has 0 aliphatic carbocycles. The number of nitrogens with zero attached hydrogens (tertiary/aromatic N) is 2. The van der Waals surface area contributed by atoms with E-state index in [1.165, 1.54) is 5.56 Å². The zero-order chi connectivity index (χ0) is 21.8. The van der Waals surface area contributed by atoms with Crippen molar-refractivity contribution in [3.8, 4) is 0 Å². The molecule has 1 aliphatic heterocycles. The third-order valence-electron chi connectivity index (χ3n) is 5.43. The van der Waals surface area contributed by atoms with Crippen LogP contribution in [0.5, 0.6) is 0 Å². The van der Waals surface area contributed by atoms with Crippen LogP contribution < -0.4 is 16.0 Å². The Balaban J connectivity index is 1.66. The Morgan fingerprint density at radius 2 is 2.00 bits per heavy atom. The zero-order valence-corrected chi connectivity index (χ0v) is 19.4. The van der Waals surface area contributed by atoms with Gasteiger partial charge < -0.3 is 16.0 Å². The van der Waals surface area contributed by atoms with Crippen molar-refractivity contribution >= 4 is 44.8 Å². The summed E-state index contributed by atoms with van der Waals surface area (Å²) in [6, 6.07) is 16.0. The Labute approximate surface area is 189 Å². The summed E-state index contributed by atoms with van der Waals surface area (Å²) in [7, 11) is -2.80. The van der Waals surface area contributed by atoms with Gasteiger partial charge in [0.05, 0.1) is 16.2 Å².